The van der Waals surface area contributed by atoms with Crippen LogP contribution < -0.4 is 5.32 Å². The molecule has 0 aromatic rings. The van der Waals surface area contributed by atoms with E-state index in [1.54, 1.807) is 0 Å². The van der Waals surface area contributed by atoms with E-state index in [9.17, 15) is 0 Å². The zero-order chi connectivity index (χ0) is 11.3. The van der Waals surface area contributed by atoms with E-state index in [0.29, 0.717) is 11.5 Å². The van der Waals surface area contributed by atoms with Gasteiger partial charge in [0.15, 0.2) is 0 Å². The molecule has 1 heterocycles. The van der Waals surface area contributed by atoms with Crippen LogP contribution in [0.1, 0.15) is 46.5 Å². The third-order valence-electron chi connectivity index (χ3n) is 4.29. The molecular weight excluding hydrogens is 184 g/mol. The Bertz CT molecular complexity index is 171. The first-order valence-electron chi connectivity index (χ1n) is 6.50. The molecule has 0 aromatic carbocycles. The maximum absolute atomic E-state index is 3.47. The van der Waals surface area contributed by atoms with Crippen LogP contribution in [-0.4, -0.2) is 37.6 Å². The monoisotopic (exact) mass is 212 g/mol. The van der Waals surface area contributed by atoms with Crippen molar-refractivity contribution in [1.29, 1.82) is 0 Å². The number of hydrogen-bond donors (Lipinski definition) is 1. The molecule has 0 aliphatic carbocycles. The first kappa shape index (κ1) is 13.0. The number of nitrogens with zero attached hydrogens (tertiary/aromatic N) is 1. The molecule has 0 saturated carbocycles. The summed E-state index contributed by atoms with van der Waals surface area (Å²) >= 11 is 0. The van der Waals surface area contributed by atoms with Crippen molar-refractivity contribution in [3.8, 4) is 0 Å². The van der Waals surface area contributed by atoms with Crippen LogP contribution in [0.5, 0.6) is 0 Å². The molecule has 2 heteroatoms. The average Bonchev–Trinajstić information content (AvgIpc) is 2.27. The maximum Gasteiger partial charge on any atom is 0.00355 e. The third-order valence-corrected chi connectivity index (χ3v) is 4.29. The Morgan fingerprint density at radius 2 is 1.87 bits per heavy atom. The molecule has 0 radical (unpaired) electrons. The Hall–Kier alpha value is -0.0800. The minimum absolute atomic E-state index is 0.633. The number of rotatable bonds is 5. The van der Waals surface area contributed by atoms with Gasteiger partial charge < -0.3 is 10.2 Å². The van der Waals surface area contributed by atoms with Crippen LogP contribution in [0, 0.1) is 5.41 Å². The van der Waals surface area contributed by atoms with Gasteiger partial charge in [-0.2, -0.15) is 0 Å². The standard InChI is InChI=1S/C13H28N2/c1-5-13(6-9-14-10-7-13)8-11-15(4)12(2)3/h12,14H,5-11H2,1-4H3. The van der Waals surface area contributed by atoms with E-state index in [-0.39, 0.29) is 0 Å². The van der Waals surface area contributed by atoms with Crippen LogP contribution in [0.15, 0.2) is 0 Å². The van der Waals surface area contributed by atoms with Gasteiger partial charge in [-0.3, -0.25) is 0 Å². The van der Waals surface area contributed by atoms with Gasteiger partial charge in [0.25, 0.3) is 0 Å². The Kier molecular flexibility index (Phi) is 5.07. The van der Waals surface area contributed by atoms with Crippen molar-refractivity contribution < 1.29 is 0 Å². The van der Waals surface area contributed by atoms with Crippen LogP contribution in [-0.2, 0) is 0 Å². The molecule has 1 saturated heterocycles. The zero-order valence-electron chi connectivity index (χ0n) is 11.0. The van der Waals surface area contributed by atoms with E-state index in [4.69, 9.17) is 0 Å². The maximum atomic E-state index is 3.47. The van der Waals surface area contributed by atoms with Crippen molar-refractivity contribution >= 4 is 0 Å². The topological polar surface area (TPSA) is 15.3 Å². The number of hydrogen-bond acceptors (Lipinski definition) is 2. The van der Waals surface area contributed by atoms with Crippen molar-refractivity contribution in [2.45, 2.75) is 52.5 Å². The van der Waals surface area contributed by atoms with Crippen LogP contribution in [0.4, 0.5) is 0 Å². The van der Waals surface area contributed by atoms with Crippen molar-refractivity contribution in [1.82, 2.24) is 10.2 Å². The minimum Gasteiger partial charge on any atom is -0.317 e. The van der Waals surface area contributed by atoms with E-state index in [1.807, 2.05) is 0 Å². The lowest BCUT2D eigenvalue weighted by Crippen LogP contribution is -2.39. The highest BCUT2D eigenvalue weighted by atomic mass is 15.1. The van der Waals surface area contributed by atoms with Crippen molar-refractivity contribution in [2.24, 2.45) is 5.41 Å². The summed E-state index contributed by atoms with van der Waals surface area (Å²) in [6.07, 6.45) is 5.46. The van der Waals surface area contributed by atoms with Crippen LogP contribution in [0.25, 0.3) is 0 Å². The highest BCUT2D eigenvalue weighted by Gasteiger charge is 2.29. The molecule has 1 fully saturated rings. The summed E-state index contributed by atoms with van der Waals surface area (Å²) < 4.78 is 0. The SMILES string of the molecule is CCC1(CCN(C)C(C)C)CCNCC1. The zero-order valence-corrected chi connectivity index (χ0v) is 11.0. The normalized spacial score (nSPS) is 21.2. The minimum atomic E-state index is 0.633. The van der Waals surface area contributed by atoms with Gasteiger partial charge in [-0.25, -0.2) is 0 Å². The first-order valence-corrected chi connectivity index (χ1v) is 6.50. The fraction of sp³-hybridized carbons (Fsp3) is 1.00. The predicted molar refractivity (Wildman–Crippen MR) is 67.2 cm³/mol. The van der Waals surface area contributed by atoms with E-state index in [2.05, 4.69) is 38.0 Å². The fourth-order valence-corrected chi connectivity index (χ4v) is 2.41. The Morgan fingerprint density at radius 3 is 2.33 bits per heavy atom. The Morgan fingerprint density at radius 1 is 1.27 bits per heavy atom. The second-order valence-corrected chi connectivity index (χ2v) is 5.43. The van der Waals surface area contributed by atoms with E-state index in [0.717, 1.165) is 0 Å². The molecule has 1 aliphatic heterocycles. The highest BCUT2D eigenvalue weighted by Crippen LogP contribution is 2.36. The third kappa shape index (κ3) is 3.76. The van der Waals surface area contributed by atoms with Gasteiger partial charge >= 0.3 is 0 Å². The Labute approximate surface area is 95.4 Å². The molecule has 0 unspecified atom stereocenters. The van der Waals surface area contributed by atoms with Crippen molar-refractivity contribution in [3.05, 3.63) is 0 Å². The van der Waals surface area contributed by atoms with Crippen molar-refractivity contribution in [2.75, 3.05) is 26.7 Å². The molecule has 1 rings (SSSR count). The summed E-state index contributed by atoms with van der Waals surface area (Å²) in [6, 6.07) is 0.681. The van der Waals surface area contributed by atoms with Gasteiger partial charge in [-0.15, -0.1) is 0 Å². The van der Waals surface area contributed by atoms with E-state index < -0.39 is 0 Å². The summed E-state index contributed by atoms with van der Waals surface area (Å²) in [5.74, 6) is 0. The van der Waals surface area contributed by atoms with Gasteiger partial charge in [0.2, 0.25) is 0 Å². The highest BCUT2D eigenvalue weighted by molar-refractivity contribution is 4.84. The molecule has 0 amide bonds. The summed E-state index contributed by atoms with van der Waals surface area (Å²) in [5, 5.41) is 3.47. The quantitative estimate of drug-likeness (QED) is 0.753. The molecule has 0 aromatic heterocycles. The summed E-state index contributed by atoms with van der Waals surface area (Å²) in [7, 11) is 2.25. The van der Waals surface area contributed by atoms with Gasteiger partial charge in [0.05, 0.1) is 0 Å². The van der Waals surface area contributed by atoms with Crippen molar-refractivity contribution in [3.63, 3.8) is 0 Å². The molecule has 0 atom stereocenters. The summed E-state index contributed by atoms with van der Waals surface area (Å²) in [6.45, 7) is 10.6. The molecule has 90 valence electrons. The largest absolute Gasteiger partial charge is 0.317 e. The second-order valence-electron chi connectivity index (χ2n) is 5.43. The van der Waals surface area contributed by atoms with Gasteiger partial charge in [0, 0.05) is 6.04 Å². The number of nitrogens with one attached hydrogen (secondary N) is 1. The van der Waals surface area contributed by atoms with Gasteiger partial charge in [-0.05, 0) is 65.2 Å². The Balaban J connectivity index is 2.38. The van der Waals surface area contributed by atoms with Gasteiger partial charge in [-0.1, -0.05) is 13.3 Å². The average molecular weight is 212 g/mol. The molecule has 15 heavy (non-hydrogen) atoms. The van der Waals surface area contributed by atoms with Gasteiger partial charge in [0.1, 0.15) is 0 Å². The lowest BCUT2D eigenvalue weighted by atomic mass is 9.74. The fourth-order valence-electron chi connectivity index (χ4n) is 2.41. The predicted octanol–water partition coefficient (Wildman–Crippen LogP) is 2.50. The van der Waals surface area contributed by atoms with E-state index >= 15 is 0 Å². The molecule has 1 N–H and O–H groups in total. The lowest BCUT2D eigenvalue weighted by molar-refractivity contribution is 0.141. The number of piperidine rings is 1. The van der Waals surface area contributed by atoms with E-state index in [1.165, 1.54) is 45.3 Å². The molecular formula is C13H28N2. The van der Waals surface area contributed by atoms with Crippen LogP contribution in [0.2, 0.25) is 0 Å². The molecule has 2 nitrogen and oxygen atoms in total. The molecule has 1 aliphatic rings. The lowest BCUT2D eigenvalue weighted by Gasteiger charge is -2.38. The summed E-state index contributed by atoms with van der Waals surface area (Å²) in [5.41, 5.74) is 0.633. The van der Waals surface area contributed by atoms with Crippen LogP contribution >= 0.6 is 0 Å². The second kappa shape index (κ2) is 5.86. The first-order chi connectivity index (χ1) is 7.09. The molecule has 0 bridgehead atoms. The smallest absolute Gasteiger partial charge is 0.00355 e. The van der Waals surface area contributed by atoms with Crippen LogP contribution in [0.3, 0.4) is 0 Å². The molecule has 0 spiro atoms. The summed E-state index contributed by atoms with van der Waals surface area (Å²) in [4.78, 5) is 2.47.